The Morgan fingerprint density at radius 3 is 2.79 bits per heavy atom. The van der Waals surface area contributed by atoms with E-state index < -0.39 is 11.2 Å². The molecule has 0 saturated heterocycles. The average Bonchev–Trinajstić information content (AvgIpc) is 3.35. The quantitative estimate of drug-likeness (QED) is 0.565. The van der Waals surface area contributed by atoms with E-state index in [1.54, 1.807) is 12.1 Å². The standard InChI is InChI=1S/C20H16N4O5/c1-11-3-2-4-12(7-11)18-22-17(29-23-18)5-6-24-19(25)13-8-15-16(28-10-27-15)9-14(13)21-20(24)26/h2-4,7-9H,5-6,10H2,1H3,(H,21,26). The fourth-order valence-electron chi connectivity index (χ4n) is 3.31. The van der Waals surface area contributed by atoms with Crippen molar-refractivity contribution >= 4 is 10.9 Å². The van der Waals surface area contributed by atoms with Crippen LogP contribution < -0.4 is 20.7 Å². The van der Waals surface area contributed by atoms with Gasteiger partial charge in [0.15, 0.2) is 11.5 Å². The van der Waals surface area contributed by atoms with Crippen LogP contribution in [0.15, 0.2) is 50.5 Å². The van der Waals surface area contributed by atoms with E-state index in [0.717, 1.165) is 15.7 Å². The molecule has 0 unspecified atom stereocenters. The molecule has 9 heteroatoms. The minimum Gasteiger partial charge on any atom is -0.454 e. The number of benzene rings is 2. The van der Waals surface area contributed by atoms with Crippen molar-refractivity contribution in [3.63, 3.8) is 0 Å². The SMILES string of the molecule is Cc1cccc(-c2noc(CCn3c(=O)[nH]c4cc5c(cc4c3=O)OCO5)n2)c1. The van der Waals surface area contributed by atoms with Crippen molar-refractivity contribution in [2.24, 2.45) is 0 Å². The van der Waals surface area contributed by atoms with E-state index in [4.69, 9.17) is 14.0 Å². The molecule has 0 radical (unpaired) electrons. The van der Waals surface area contributed by atoms with Crippen molar-refractivity contribution in [1.29, 1.82) is 0 Å². The highest BCUT2D eigenvalue weighted by Gasteiger charge is 2.18. The van der Waals surface area contributed by atoms with Gasteiger partial charge in [0.05, 0.1) is 10.9 Å². The molecule has 0 fully saturated rings. The summed E-state index contributed by atoms with van der Waals surface area (Å²) in [5.41, 5.74) is 1.40. The fraction of sp³-hybridized carbons (Fsp3) is 0.200. The van der Waals surface area contributed by atoms with Crippen LogP contribution in [0.1, 0.15) is 11.5 Å². The minimum atomic E-state index is -0.514. The zero-order chi connectivity index (χ0) is 20.0. The third kappa shape index (κ3) is 3.06. The van der Waals surface area contributed by atoms with Crippen LogP contribution in [0, 0.1) is 6.92 Å². The molecule has 146 valence electrons. The lowest BCUT2D eigenvalue weighted by molar-refractivity contribution is 0.174. The van der Waals surface area contributed by atoms with E-state index >= 15 is 0 Å². The van der Waals surface area contributed by atoms with Crippen LogP contribution in [0.5, 0.6) is 11.5 Å². The lowest BCUT2D eigenvalue weighted by atomic mass is 10.1. The van der Waals surface area contributed by atoms with Crippen molar-refractivity contribution in [3.05, 3.63) is 68.7 Å². The number of rotatable bonds is 4. The number of hydrogen-bond acceptors (Lipinski definition) is 7. The number of aryl methyl sites for hydroxylation is 2. The molecule has 1 aliphatic rings. The maximum Gasteiger partial charge on any atom is 0.328 e. The number of nitrogens with zero attached hydrogens (tertiary/aromatic N) is 3. The maximum absolute atomic E-state index is 12.8. The minimum absolute atomic E-state index is 0.0878. The van der Waals surface area contributed by atoms with Crippen LogP contribution in [-0.4, -0.2) is 26.5 Å². The third-order valence-electron chi connectivity index (χ3n) is 4.77. The maximum atomic E-state index is 12.8. The predicted octanol–water partition coefficient (Wildman–Crippen LogP) is 2.02. The predicted molar refractivity (Wildman–Crippen MR) is 103 cm³/mol. The topological polar surface area (TPSA) is 112 Å². The van der Waals surface area contributed by atoms with E-state index in [9.17, 15) is 9.59 Å². The summed E-state index contributed by atoms with van der Waals surface area (Å²) in [5, 5.41) is 4.33. The Morgan fingerprint density at radius 2 is 1.97 bits per heavy atom. The molecule has 1 N–H and O–H groups in total. The second-order valence-electron chi connectivity index (χ2n) is 6.77. The summed E-state index contributed by atoms with van der Waals surface area (Å²) in [6.45, 7) is 2.17. The number of ether oxygens (including phenoxy) is 2. The van der Waals surface area contributed by atoms with Crippen molar-refractivity contribution in [2.45, 2.75) is 19.9 Å². The molecule has 0 atom stereocenters. The van der Waals surface area contributed by atoms with Gasteiger partial charge in [0.1, 0.15) is 0 Å². The van der Waals surface area contributed by atoms with Crippen LogP contribution in [0.3, 0.4) is 0 Å². The van der Waals surface area contributed by atoms with E-state index in [1.807, 2.05) is 31.2 Å². The van der Waals surface area contributed by atoms with Gasteiger partial charge in [0.2, 0.25) is 18.5 Å². The van der Waals surface area contributed by atoms with E-state index in [2.05, 4.69) is 15.1 Å². The molecular weight excluding hydrogens is 376 g/mol. The first-order valence-corrected chi connectivity index (χ1v) is 9.04. The zero-order valence-corrected chi connectivity index (χ0v) is 15.5. The smallest absolute Gasteiger partial charge is 0.328 e. The molecule has 5 rings (SSSR count). The molecule has 0 saturated carbocycles. The van der Waals surface area contributed by atoms with Gasteiger partial charge in [0.25, 0.3) is 5.56 Å². The molecule has 2 aromatic carbocycles. The highest BCUT2D eigenvalue weighted by atomic mass is 16.7. The summed E-state index contributed by atoms with van der Waals surface area (Å²) in [7, 11) is 0. The van der Waals surface area contributed by atoms with Gasteiger partial charge >= 0.3 is 5.69 Å². The number of aromatic amines is 1. The second-order valence-corrected chi connectivity index (χ2v) is 6.77. The molecule has 0 aliphatic carbocycles. The van der Waals surface area contributed by atoms with Gasteiger partial charge in [-0.3, -0.25) is 9.36 Å². The van der Waals surface area contributed by atoms with E-state index in [0.29, 0.717) is 34.1 Å². The Kier molecular flexibility index (Phi) is 3.94. The summed E-state index contributed by atoms with van der Waals surface area (Å²) in [6.07, 6.45) is 0.248. The Morgan fingerprint density at radius 1 is 1.14 bits per heavy atom. The van der Waals surface area contributed by atoms with Gasteiger partial charge in [-0.25, -0.2) is 4.79 Å². The highest BCUT2D eigenvalue weighted by Crippen LogP contribution is 2.34. The van der Waals surface area contributed by atoms with E-state index in [-0.39, 0.29) is 19.8 Å². The second kappa shape index (κ2) is 6.62. The number of aromatic nitrogens is 4. The van der Waals surface area contributed by atoms with Crippen LogP contribution >= 0.6 is 0 Å². The van der Waals surface area contributed by atoms with Gasteiger partial charge in [-0.05, 0) is 19.1 Å². The summed E-state index contributed by atoms with van der Waals surface area (Å²) >= 11 is 0. The third-order valence-corrected chi connectivity index (χ3v) is 4.77. The molecule has 9 nitrogen and oxygen atoms in total. The van der Waals surface area contributed by atoms with Crippen molar-refractivity contribution < 1.29 is 14.0 Å². The molecule has 3 heterocycles. The van der Waals surface area contributed by atoms with Crippen molar-refractivity contribution in [1.82, 2.24) is 19.7 Å². The first-order valence-electron chi connectivity index (χ1n) is 9.04. The summed E-state index contributed by atoms with van der Waals surface area (Å²) in [4.78, 5) is 32.3. The molecule has 1 aliphatic heterocycles. The molecule has 29 heavy (non-hydrogen) atoms. The lowest BCUT2D eigenvalue weighted by Crippen LogP contribution is -2.35. The molecule has 0 bridgehead atoms. The van der Waals surface area contributed by atoms with Crippen molar-refractivity contribution in [2.75, 3.05) is 6.79 Å². The van der Waals surface area contributed by atoms with Gasteiger partial charge in [-0.1, -0.05) is 28.9 Å². The molecule has 4 aromatic rings. The zero-order valence-electron chi connectivity index (χ0n) is 15.5. The summed E-state index contributed by atoms with van der Waals surface area (Å²) < 4.78 is 17.0. The largest absolute Gasteiger partial charge is 0.454 e. The number of hydrogen-bond donors (Lipinski definition) is 1. The molecule has 0 spiro atoms. The van der Waals surface area contributed by atoms with E-state index in [1.165, 1.54) is 0 Å². The number of H-pyrrole nitrogens is 1. The average molecular weight is 392 g/mol. The molecule has 0 amide bonds. The Bertz CT molecular complexity index is 1350. The van der Waals surface area contributed by atoms with Crippen LogP contribution in [-0.2, 0) is 13.0 Å². The first kappa shape index (κ1) is 17.2. The van der Waals surface area contributed by atoms with Gasteiger partial charge in [-0.2, -0.15) is 4.98 Å². The number of fused-ring (bicyclic) bond motifs is 2. The molecule has 2 aromatic heterocycles. The Balaban J connectivity index is 1.43. The monoisotopic (exact) mass is 392 g/mol. The van der Waals surface area contributed by atoms with Crippen molar-refractivity contribution in [3.8, 4) is 22.9 Å². The Labute approximate surface area is 163 Å². The highest BCUT2D eigenvalue weighted by molar-refractivity contribution is 5.81. The van der Waals surface area contributed by atoms with Crippen LogP contribution in [0.4, 0.5) is 0 Å². The van der Waals surface area contributed by atoms with Crippen LogP contribution in [0.25, 0.3) is 22.3 Å². The molecular formula is C20H16N4O5. The first-order chi connectivity index (χ1) is 14.1. The summed E-state index contributed by atoms with van der Waals surface area (Å²) in [5.74, 6) is 1.79. The van der Waals surface area contributed by atoms with Gasteiger partial charge < -0.3 is 19.0 Å². The Hall–Kier alpha value is -3.88. The fourth-order valence-corrected chi connectivity index (χ4v) is 3.31. The van der Waals surface area contributed by atoms with Crippen LogP contribution in [0.2, 0.25) is 0 Å². The number of nitrogens with one attached hydrogen (secondary N) is 1. The normalized spacial score (nSPS) is 12.6. The summed E-state index contributed by atoms with van der Waals surface area (Å²) in [6, 6.07) is 10.9. The van der Waals surface area contributed by atoms with Gasteiger partial charge in [0, 0.05) is 24.6 Å². The lowest BCUT2D eigenvalue weighted by Gasteiger charge is -2.06. The van der Waals surface area contributed by atoms with Gasteiger partial charge in [-0.15, -0.1) is 0 Å².